The van der Waals surface area contributed by atoms with Crippen LogP contribution < -0.4 is 0 Å². The molecule has 0 atom stereocenters. The first-order valence-electron chi connectivity index (χ1n) is 9.08. The van der Waals surface area contributed by atoms with Gasteiger partial charge in [0.1, 0.15) is 0 Å². The van der Waals surface area contributed by atoms with Crippen LogP contribution in [0.4, 0.5) is 0 Å². The summed E-state index contributed by atoms with van der Waals surface area (Å²) >= 11 is 0. The number of hydrogen-bond donors (Lipinski definition) is 1. The Morgan fingerprint density at radius 2 is 1.80 bits per heavy atom. The van der Waals surface area contributed by atoms with Crippen molar-refractivity contribution in [3.8, 4) is 0 Å². The molecule has 4 nitrogen and oxygen atoms in total. The summed E-state index contributed by atoms with van der Waals surface area (Å²) in [6.07, 6.45) is 5.90. The minimum atomic E-state index is -0.627. The summed E-state index contributed by atoms with van der Waals surface area (Å²) in [4.78, 5) is 18.6. The minimum absolute atomic E-state index is 0.560. The quantitative estimate of drug-likeness (QED) is 0.835. The van der Waals surface area contributed by atoms with Crippen LogP contribution in [0, 0.1) is 5.41 Å². The predicted molar refractivity (Wildman–Crippen MR) is 98.2 cm³/mol. The SMILES string of the molecule is O=C(O)C1(CCCc2ccccc2)CCN(Cc2ccccn2)CC1. The first-order valence-corrected chi connectivity index (χ1v) is 9.08. The molecule has 0 amide bonds. The lowest BCUT2D eigenvalue weighted by atomic mass is 9.74. The number of rotatable bonds is 7. The van der Waals surface area contributed by atoms with Gasteiger partial charge in [0, 0.05) is 12.7 Å². The average molecular weight is 338 g/mol. The van der Waals surface area contributed by atoms with E-state index in [1.54, 1.807) is 0 Å². The summed E-state index contributed by atoms with van der Waals surface area (Å²) < 4.78 is 0. The molecule has 1 aliphatic rings. The van der Waals surface area contributed by atoms with Crippen molar-refractivity contribution in [2.24, 2.45) is 5.41 Å². The molecule has 4 heteroatoms. The third kappa shape index (κ3) is 4.67. The number of piperidine rings is 1. The van der Waals surface area contributed by atoms with Gasteiger partial charge in [0.05, 0.1) is 11.1 Å². The first kappa shape index (κ1) is 17.6. The molecule has 1 aliphatic heterocycles. The highest BCUT2D eigenvalue weighted by Crippen LogP contribution is 2.37. The van der Waals surface area contributed by atoms with E-state index in [1.165, 1.54) is 5.56 Å². The maximum Gasteiger partial charge on any atom is 0.309 e. The van der Waals surface area contributed by atoms with Crippen molar-refractivity contribution in [2.45, 2.75) is 38.6 Å². The van der Waals surface area contributed by atoms with Gasteiger partial charge in [-0.25, -0.2) is 0 Å². The molecule has 2 heterocycles. The Labute approximate surface area is 149 Å². The molecule has 1 saturated heterocycles. The Morgan fingerprint density at radius 3 is 2.44 bits per heavy atom. The Kier molecular flexibility index (Phi) is 5.82. The average Bonchev–Trinajstić information content (AvgIpc) is 2.65. The molecule has 1 N–H and O–H groups in total. The Balaban J connectivity index is 1.53. The smallest absolute Gasteiger partial charge is 0.309 e. The van der Waals surface area contributed by atoms with Crippen molar-refractivity contribution < 1.29 is 9.90 Å². The van der Waals surface area contributed by atoms with Gasteiger partial charge < -0.3 is 5.11 Å². The van der Waals surface area contributed by atoms with Crippen LogP contribution in [0.3, 0.4) is 0 Å². The number of pyridine rings is 1. The maximum atomic E-state index is 12.0. The van der Waals surface area contributed by atoms with E-state index in [-0.39, 0.29) is 0 Å². The van der Waals surface area contributed by atoms with Crippen LogP contribution in [0.15, 0.2) is 54.7 Å². The number of benzene rings is 1. The second-order valence-corrected chi connectivity index (χ2v) is 7.02. The number of carboxylic acids is 1. The number of carboxylic acid groups (broad SMARTS) is 1. The highest BCUT2D eigenvalue weighted by atomic mass is 16.4. The fourth-order valence-electron chi connectivity index (χ4n) is 3.71. The van der Waals surface area contributed by atoms with Crippen LogP contribution in [0.25, 0.3) is 0 Å². The van der Waals surface area contributed by atoms with Gasteiger partial charge >= 0.3 is 5.97 Å². The summed E-state index contributed by atoms with van der Waals surface area (Å²) in [7, 11) is 0. The van der Waals surface area contributed by atoms with Gasteiger partial charge in [0.25, 0.3) is 0 Å². The minimum Gasteiger partial charge on any atom is -0.481 e. The Bertz CT molecular complexity index is 665. The second kappa shape index (κ2) is 8.26. The van der Waals surface area contributed by atoms with Gasteiger partial charge in [-0.15, -0.1) is 0 Å². The highest BCUT2D eigenvalue weighted by molar-refractivity contribution is 5.74. The maximum absolute atomic E-state index is 12.0. The number of aliphatic carboxylic acids is 1. The van der Waals surface area contributed by atoms with Crippen LogP contribution in [-0.4, -0.2) is 34.0 Å². The van der Waals surface area contributed by atoms with E-state index in [1.807, 2.05) is 42.6 Å². The van der Waals surface area contributed by atoms with Crippen LogP contribution in [0.1, 0.15) is 36.9 Å². The molecule has 1 aromatic heterocycles. The summed E-state index contributed by atoms with van der Waals surface area (Å²) in [6.45, 7) is 2.46. The second-order valence-electron chi connectivity index (χ2n) is 7.02. The van der Waals surface area contributed by atoms with Gasteiger partial charge in [0.15, 0.2) is 0 Å². The number of hydrogen-bond acceptors (Lipinski definition) is 3. The lowest BCUT2D eigenvalue weighted by molar-refractivity contribution is -0.152. The van der Waals surface area contributed by atoms with Crippen LogP contribution in [0.5, 0.6) is 0 Å². The normalized spacial score (nSPS) is 17.3. The third-order valence-electron chi connectivity index (χ3n) is 5.34. The van der Waals surface area contributed by atoms with Crippen LogP contribution >= 0.6 is 0 Å². The van der Waals surface area contributed by atoms with Crippen LogP contribution in [0.2, 0.25) is 0 Å². The molecule has 0 spiro atoms. The molecular formula is C21H26N2O2. The van der Waals surface area contributed by atoms with Crippen molar-refractivity contribution in [2.75, 3.05) is 13.1 Å². The molecule has 1 aromatic carbocycles. The number of nitrogens with zero attached hydrogens (tertiary/aromatic N) is 2. The summed E-state index contributed by atoms with van der Waals surface area (Å²) in [6, 6.07) is 16.3. The number of aryl methyl sites for hydroxylation is 1. The van der Waals surface area contributed by atoms with Gasteiger partial charge in [-0.05, 0) is 62.9 Å². The zero-order valence-corrected chi connectivity index (χ0v) is 14.6. The summed E-state index contributed by atoms with van der Waals surface area (Å²) in [5, 5.41) is 9.83. The monoisotopic (exact) mass is 338 g/mol. The first-order chi connectivity index (χ1) is 12.2. The molecule has 0 bridgehead atoms. The largest absolute Gasteiger partial charge is 0.481 e. The van der Waals surface area contributed by atoms with Crippen molar-refractivity contribution in [1.29, 1.82) is 0 Å². The van der Waals surface area contributed by atoms with Gasteiger partial charge in [-0.3, -0.25) is 14.7 Å². The lowest BCUT2D eigenvalue weighted by Gasteiger charge is -2.39. The number of aromatic nitrogens is 1. The van der Waals surface area contributed by atoms with E-state index in [0.717, 1.165) is 57.4 Å². The Hall–Kier alpha value is -2.20. The third-order valence-corrected chi connectivity index (χ3v) is 5.34. The number of carbonyl (C=O) groups is 1. The zero-order valence-electron chi connectivity index (χ0n) is 14.6. The molecular weight excluding hydrogens is 312 g/mol. The zero-order chi connectivity index (χ0) is 17.5. The molecule has 1 fully saturated rings. The highest BCUT2D eigenvalue weighted by Gasteiger charge is 2.40. The van der Waals surface area contributed by atoms with E-state index < -0.39 is 11.4 Å². The number of likely N-dealkylation sites (tertiary alicyclic amines) is 1. The molecule has 0 unspecified atom stereocenters. The summed E-state index contributed by atoms with van der Waals surface area (Å²) in [5.41, 5.74) is 1.78. The van der Waals surface area contributed by atoms with Crippen molar-refractivity contribution in [3.05, 3.63) is 66.0 Å². The van der Waals surface area contributed by atoms with Crippen molar-refractivity contribution in [3.63, 3.8) is 0 Å². The standard InChI is InChI=1S/C21H26N2O2/c24-20(25)21(11-6-9-18-7-2-1-3-8-18)12-15-23(16-13-21)17-19-10-4-5-14-22-19/h1-5,7-8,10,14H,6,9,11-13,15-17H2,(H,24,25). The van der Waals surface area contributed by atoms with E-state index in [0.29, 0.717) is 0 Å². The van der Waals surface area contributed by atoms with Gasteiger partial charge in [-0.1, -0.05) is 36.4 Å². The van der Waals surface area contributed by atoms with E-state index in [9.17, 15) is 9.90 Å². The van der Waals surface area contributed by atoms with Crippen molar-refractivity contribution >= 4 is 5.97 Å². The Morgan fingerprint density at radius 1 is 1.08 bits per heavy atom. The van der Waals surface area contributed by atoms with E-state index in [4.69, 9.17) is 0 Å². The van der Waals surface area contributed by atoms with Crippen molar-refractivity contribution in [1.82, 2.24) is 9.88 Å². The summed E-state index contributed by atoms with van der Waals surface area (Å²) in [5.74, 6) is -0.627. The molecule has 0 radical (unpaired) electrons. The molecule has 2 aromatic rings. The molecule has 132 valence electrons. The van der Waals surface area contributed by atoms with E-state index in [2.05, 4.69) is 22.0 Å². The van der Waals surface area contributed by atoms with Gasteiger partial charge in [0.2, 0.25) is 0 Å². The molecule has 3 rings (SSSR count). The molecule has 0 saturated carbocycles. The molecule has 0 aliphatic carbocycles. The lowest BCUT2D eigenvalue weighted by Crippen LogP contribution is -2.44. The predicted octanol–water partition coefficient (Wildman–Crippen LogP) is 3.77. The van der Waals surface area contributed by atoms with Crippen LogP contribution in [-0.2, 0) is 17.8 Å². The van der Waals surface area contributed by atoms with Gasteiger partial charge in [-0.2, -0.15) is 0 Å². The topological polar surface area (TPSA) is 53.4 Å². The fourth-order valence-corrected chi connectivity index (χ4v) is 3.71. The van der Waals surface area contributed by atoms with E-state index >= 15 is 0 Å². The fraction of sp³-hybridized carbons (Fsp3) is 0.429. The molecule has 25 heavy (non-hydrogen) atoms.